The van der Waals surface area contributed by atoms with Crippen molar-refractivity contribution in [2.24, 2.45) is 7.05 Å². The van der Waals surface area contributed by atoms with E-state index < -0.39 is 0 Å². The number of hydrogen-bond acceptors (Lipinski definition) is 3. The van der Waals surface area contributed by atoms with Crippen LogP contribution in [0.4, 0.5) is 0 Å². The van der Waals surface area contributed by atoms with Crippen LogP contribution in [-0.4, -0.2) is 28.7 Å². The van der Waals surface area contributed by atoms with Gasteiger partial charge in [0.1, 0.15) is 5.82 Å². The van der Waals surface area contributed by atoms with Crippen molar-refractivity contribution in [2.75, 3.05) is 0 Å². The van der Waals surface area contributed by atoms with E-state index in [0.29, 0.717) is 0 Å². The number of imidazole rings is 1. The van der Waals surface area contributed by atoms with Gasteiger partial charge in [0.15, 0.2) is 5.65 Å². The van der Waals surface area contributed by atoms with Gasteiger partial charge in [-0.15, -0.1) is 10.2 Å². The average molecular weight is 342 g/mol. The van der Waals surface area contributed by atoms with E-state index in [9.17, 15) is 0 Å². The highest BCUT2D eigenvalue weighted by Crippen LogP contribution is 2.30. The molecular formula is C20H18N6. The molecule has 4 aromatic heterocycles. The summed E-state index contributed by atoms with van der Waals surface area (Å²) in [6, 6.07) is 16.9. The molecule has 6 heteroatoms. The van der Waals surface area contributed by atoms with Crippen molar-refractivity contribution in [3.63, 3.8) is 0 Å². The van der Waals surface area contributed by atoms with E-state index in [1.807, 2.05) is 43.2 Å². The fourth-order valence-electron chi connectivity index (χ4n) is 3.59. The van der Waals surface area contributed by atoms with Crippen molar-refractivity contribution >= 4 is 16.7 Å². The summed E-state index contributed by atoms with van der Waals surface area (Å²) in [5, 5.41) is 8.49. The van der Waals surface area contributed by atoms with E-state index in [-0.39, 0.29) is 0 Å². The minimum absolute atomic E-state index is 0.789. The lowest BCUT2D eigenvalue weighted by Gasteiger charge is -2.11. The van der Waals surface area contributed by atoms with Gasteiger partial charge in [-0.25, -0.2) is 4.98 Å². The first-order valence-electron chi connectivity index (χ1n) is 8.57. The molecule has 26 heavy (non-hydrogen) atoms. The summed E-state index contributed by atoms with van der Waals surface area (Å²) >= 11 is 0. The van der Waals surface area contributed by atoms with Crippen LogP contribution >= 0.6 is 0 Å². The molecule has 0 atom stereocenters. The predicted octanol–water partition coefficient (Wildman–Crippen LogP) is 3.44. The van der Waals surface area contributed by atoms with Gasteiger partial charge in [0.05, 0.1) is 34.9 Å². The molecule has 1 aromatic carbocycles. The molecule has 0 amide bonds. The fraction of sp³-hybridized carbons (Fsp3) is 0.150. The Kier molecular flexibility index (Phi) is 3.18. The van der Waals surface area contributed by atoms with Crippen LogP contribution in [0.15, 0.2) is 61.1 Å². The van der Waals surface area contributed by atoms with Gasteiger partial charge in [0.2, 0.25) is 0 Å². The molecule has 0 radical (unpaired) electrons. The number of pyridine rings is 1. The molecule has 0 N–H and O–H groups in total. The van der Waals surface area contributed by atoms with Crippen LogP contribution in [0.3, 0.4) is 0 Å². The number of aryl methyl sites for hydroxylation is 2. The molecule has 0 aliphatic rings. The number of aromatic nitrogens is 6. The molecule has 0 aliphatic carbocycles. The zero-order chi connectivity index (χ0) is 17.7. The molecule has 0 spiro atoms. The number of benzene rings is 1. The summed E-state index contributed by atoms with van der Waals surface area (Å²) in [6.07, 6.45) is 3.74. The summed E-state index contributed by atoms with van der Waals surface area (Å²) in [4.78, 5) is 4.30. The summed E-state index contributed by atoms with van der Waals surface area (Å²) in [5.74, 6) is 0.888. The predicted molar refractivity (Wildman–Crippen MR) is 101 cm³/mol. The van der Waals surface area contributed by atoms with Gasteiger partial charge in [-0.1, -0.05) is 30.3 Å². The Hall–Kier alpha value is -3.41. The Morgan fingerprint density at radius 1 is 0.923 bits per heavy atom. The maximum Gasteiger partial charge on any atom is 0.161 e. The van der Waals surface area contributed by atoms with E-state index >= 15 is 0 Å². The van der Waals surface area contributed by atoms with E-state index in [2.05, 4.69) is 60.5 Å². The Morgan fingerprint density at radius 2 is 1.77 bits per heavy atom. The van der Waals surface area contributed by atoms with Crippen LogP contribution in [0.2, 0.25) is 0 Å². The molecule has 4 heterocycles. The zero-order valence-electron chi connectivity index (χ0n) is 14.7. The highest BCUT2D eigenvalue weighted by atomic mass is 15.2. The smallest absolute Gasteiger partial charge is 0.161 e. The van der Waals surface area contributed by atoms with Crippen LogP contribution in [0, 0.1) is 6.92 Å². The molecule has 128 valence electrons. The maximum absolute atomic E-state index is 4.30. The van der Waals surface area contributed by atoms with Crippen molar-refractivity contribution in [1.82, 2.24) is 28.7 Å². The van der Waals surface area contributed by atoms with Gasteiger partial charge >= 0.3 is 0 Å². The number of hydrogen-bond donors (Lipinski definition) is 0. The Bertz CT molecular complexity index is 1230. The molecule has 5 aromatic rings. The minimum Gasteiger partial charge on any atom is -0.333 e. The summed E-state index contributed by atoms with van der Waals surface area (Å²) < 4.78 is 6.49. The second-order valence-corrected chi connectivity index (χ2v) is 6.54. The third-order valence-corrected chi connectivity index (χ3v) is 4.86. The van der Waals surface area contributed by atoms with Crippen LogP contribution < -0.4 is 0 Å². The lowest BCUT2D eigenvalue weighted by Crippen LogP contribution is -2.03. The second-order valence-electron chi connectivity index (χ2n) is 6.54. The molecule has 0 unspecified atom stereocenters. The van der Waals surface area contributed by atoms with Gasteiger partial charge in [0, 0.05) is 13.6 Å². The van der Waals surface area contributed by atoms with Crippen LogP contribution in [0.5, 0.6) is 0 Å². The molecule has 0 aliphatic heterocycles. The van der Waals surface area contributed by atoms with Crippen LogP contribution in [0.25, 0.3) is 28.1 Å². The number of fused-ring (bicyclic) bond motifs is 3. The van der Waals surface area contributed by atoms with Gasteiger partial charge < -0.3 is 9.13 Å². The van der Waals surface area contributed by atoms with E-state index in [4.69, 9.17) is 0 Å². The number of nitrogens with zero attached hydrogens (tertiary/aromatic N) is 6. The topological polar surface area (TPSA) is 52.9 Å². The summed E-state index contributed by atoms with van der Waals surface area (Å²) in [7, 11) is 2.02. The lowest BCUT2D eigenvalue weighted by atomic mass is 10.2. The van der Waals surface area contributed by atoms with Gasteiger partial charge in [-0.2, -0.15) is 0 Å². The van der Waals surface area contributed by atoms with E-state index in [0.717, 1.165) is 40.4 Å². The zero-order valence-corrected chi connectivity index (χ0v) is 14.7. The fourth-order valence-corrected chi connectivity index (χ4v) is 3.59. The highest BCUT2D eigenvalue weighted by Gasteiger charge is 2.17. The minimum atomic E-state index is 0.789. The van der Waals surface area contributed by atoms with Gasteiger partial charge in [0.25, 0.3) is 0 Å². The third kappa shape index (κ3) is 2.15. The molecular weight excluding hydrogens is 324 g/mol. The SMILES string of the molecule is Cc1nnc2ccc3c(cc(-c4cncn4C)n3Cc3ccccc3)n12. The molecule has 0 saturated heterocycles. The Morgan fingerprint density at radius 3 is 2.54 bits per heavy atom. The van der Waals surface area contributed by atoms with E-state index in [1.165, 1.54) is 5.56 Å². The summed E-state index contributed by atoms with van der Waals surface area (Å²) in [6.45, 7) is 2.77. The summed E-state index contributed by atoms with van der Waals surface area (Å²) in [5.41, 5.74) is 6.59. The molecule has 0 bridgehead atoms. The van der Waals surface area contributed by atoms with Crippen molar-refractivity contribution in [3.05, 3.63) is 72.4 Å². The number of rotatable bonds is 3. The van der Waals surface area contributed by atoms with Gasteiger partial charge in [-0.3, -0.25) is 4.40 Å². The first-order chi connectivity index (χ1) is 12.7. The first kappa shape index (κ1) is 14.9. The molecule has 0 saturated carbocycles. The van der Waals surface area contributed by atoms with Crippen LogP contribution in [0.1, 0.15) is 11.4 Å². The average Bonchev–Trinajstić information content (AvgIpc) is 3.34. The molecule has 0 fully saturated rings. The second kappa shape index (κ2) is 5.56. The lowest BCUT2D eigenvalue weighted by molar-refractivity contribution is 0.826. The largest absolute Gasteiger partial charge is 0.333 e. The van der Waals surface area contributed by atoms with Gasteiger partial charge in [-0.05, 0) is 30.7 Å². The van der Waals surface area contributed by atoms with Crippen molar-refractivity contribution in [3.8, 4) is 11.4 Å². The Labute approximate surface area is 150 Å². The standard InChI is InChI=1S/C20H18N6/c1-14-22-23-20-9-8-16-18(26(14)20)10-17(19-11-21-13-24(19)2)25(16)12-15-6-4-3-5-7-15/h3-11,13H,12H2,1-2H3. The molecule has 5 rings (SSSR count). The highest BCUT2D eigenvalue weighted by molar-refractivity contribution is 5.86. The monoisotopic (exact) mass is 342 g/mol. The maximum atomic E-state index is 4.30. The van der Waals surface area contributed by atoms with Crippen molar-refractivity contribution in [1.29, 1.82) is 0 Å². The van der Waals surface area contributed by atoms with Crippen LogP contribution in [-0.2, 0) is 13.6 Å². The third-order valence-electron chi connectivity index (χ3n) is 4.86. The Balaban J connectivity index is 1.83. The molecule has 6 nitrogen and oxygen atoms in total. The normalized spacial score (nSPS) is 11.6. The van der Waals surface area contributed by atoms with Crippen molar-refractivity contribution in [2.45, 2.75) is 13.5 Å². The van der Waals surface area contributed by atoms with Crippen molar-refractivity contribution < 1.29 is 0 Å². The quantitative estimate of drug-likeness (QED) is 0.505. The first-order valence-corrected chi connectivity index (χ1v) is 8.57. The van der Waals surface area contributed by atoms with E-state index in [1.54, 1.807) is 0 Å².